The van der Waals surface area contributed by atoms with Gasteiger partial charge in [0.05, 0.1) is 16.6 Å². The highest BCUT2D eigenvalue weighted by molar-refractivity contribution is 7.90. The number of amides is 2. The van der Waals surface area contributed by atoms with Crippen LogP contribution in [-0.2, 0) is 21.2 Å². The van der Waals surface area contributed by atoms with Gasteiger partial charge in [0.1, 0.15) is 11.5 Å². The summed E-state index contributed by atoms with van der Waals surface area (Å²) in [6.45, 7) is 3.61. The van der Waals surface area contributed by atoms with Gasteiger partial charge >= 0.3 is 5.97 Å². The number of hydrogen-bond donors (Lipinski definition) is 2. The lowest BCUT2D eigenvalue weighted by atomic mass is 10.1. The molecule has 2 amide bonds. The number of nitrogens with one attached hydrogen (secondary N) is 2. The van der Waals surface area contributed by atoms with Crippen molar-refractivity contribution in [2.24, 2.45) is 0 Å². The Hall–Kier alpha value is -4.12. The second-order valence-corrected chi connectivity index (χ2v) is 9.66. The van der Waals surface area contributed by atoms with Gasteiger partial charge in [0.2, 0.25) is 0 Å². The summed E-state index contributed by atoms with van der Waals surface area (Å²) in [6.07, 6.45) is 1.18. The van der Waals surface area contributed by atoms with E-state index in [9.17, 15) is 27.2 Å². The number of carbonyl (C=O) groups is 3. The molecule has 0 aliphatic carbocycles. The highest BCUT2D eigenvalue weighted by Crippen LogP contribution is 2.13. The second kappa shape index (κ2) is 11.5. The number of hydrogen-bond acceptors (Lipinski definition) is 7. The number of carbonyl (C=O) groups excluding carboxylic acids is 3. The minimum absolute atomic E-state index is 0.0266. The first-order valence-electron chi connectivity index (χ1n) is 10.9. The molecule has 0 spiro atoms. The Morgan fingerprint density at radius 3 is 2.33 bits per heavy atom. The number of rotatable bonds is 9. The third kappa shape index (κ3) is 7.19. The van der Waals surface area contributed by atoms with E-state index in [2.05, 4.69) is 10.3 Å². The van der Waals surface area contributed by atoms with Crippen molar-refractivity contribution in [3.05, 3.63) is 95.1 Å². The van der Waals surface area contributed by atoms with Crippen molar-refractivity contribution >= 4 is 27.8 Å². The quantitative estimate of drug-likeness (QED) is 0.421. The third-order valence-electron chi connectivity index (χ3n) is 4.82. The third-order valence-corrected chi connectivity index (χ3v) is 6.15. The highest BCUT2D eigenvalue weighted by atomic mass is 32.2. The van der Waals surface area contributed by atoms with Crippen LogP contribution in [0.4, 0.5) is 4.39 Å². The van der Waals surface area contributed by atoms with Crippen LogP contribution in [0.25, 0.3) is 0 Å². The molecule has 0 fully saturated rings. The number of aromatic nitrogens is 1. The van der Waals surface area contributed by atoms with Gasteiger partial charge in [-0.2, -0.15) is 0 Å². The molecule has 2 N–H and O–H groups in total. The predicted molar refractivity (Wildman–Crippen MR) is 128 cm³/mol. The minimum atomic E-state index is -4.31. The normalized spacial score (nSPS) is 11.1. The molecule has 0 aliphatic heterocycles. The molecule has 1 aromatic heterocycles. The number of nitrogens with zero attached hydrogens (tertiary/aromatic N) is 1. The molecule has 11 heteroatoms. The summed E-state index contributed by atoms with van der Waals surface area (Å²) < 4.78 is 45.4. The fourth-order valence-corrected chi connectivity index (χ4v) is 4.06. The summed E-state index contributed by atoms with van der Waals surface area (Å²) in [4.78, 5) is 40.3. The predicted octanol–water partition coefficient (Wildman–Crippen LogP) is 2.88. The lowest BCUT2D eigenvalue weighted by Crippen LogP contribution is -2.31. The van der Waals surface area contributed by atoms with Gasteiger partial charge in [0.15, 0.2) is 0 Å². The summed E-state index contributed by atoms with van der Waals surface area (Å²) in [5.41, 5.74) is 0.796. The van der Waals surface area contributed by atoms with Crippen LogP contribution in [0.5, 0.6) is 0 Å². The first kappa shape index (κ1) is 26.5. The van der Waals surface area contributed by atoms with Gasteiger partial charge in [-0.05, 0) is 68.3 Å². The molecule has 0 bridgehead atoms. The van der Waals surface area contributed by atoms with Crippen molar-refractivity contribution < 1.29 is 31.9 Å². The molecule has 0 saturated heterocycles. The number of esters is 1. The molecule has 3 rings (SSSR count). The molecule has 0 unspecified atom stereocenters. The van der Waals surface area contributed by atoms with E-state index >= 15 is 0 Å². The Kier molecular flexibility index (Phi) is 8.49. The molecule has 0 aliphatic rings. The van der Waals surface area contributed by atoms with Crippen LogP contribution in [0.1, 0.15) is 50.6 Å². The van der Waals surface area contributed by atoms with Gasteiger partial charge in [0, 0.05) is 18.3 Å². The van der Waals surface area contributed by atoms with E-state index in [1.807, 2.05) is 4.72 Å². The summed E-state index contributed by atoms with van der Waals surface area (Å²) in [6, 6.07) is 13.6. The van der Waals surface area contributed by atoms with Crippen LogP contribution in [0.2, 0.25) is 0 Å². The molecule has 2 aromatic carbocycles. The molecule has 1 heterocycles. The first-order valence-corrected chi connectivity index (χ1v) is 12.4. The van der Waals surface area contributed by atoms with Crippen molar-refractivity contribution in [1.29, 1.82) is 0 Å². The Morgan fingerprint density at radius 2 is 1.69 bits per heavy atom. The van der Waals surface area contributed by atoms with Crippen LogP contribution in [-0.4, -0.2) is 43.8 Å². The van der Waals surface area contributed by atoms with Gasteiger partial charge < -0.3 is 10.1 Å². The van der Waals surface area contributed by atoms with Crippen LogP contribution in [0.15, 0.2) is 71.8 Å². The van der Waals surface area contributed by atoms with E-state index in [0.717, 1.165) is 17.8 Å². The van der Waals surface area contributed by atoms with E-state index in [1.165, 1.54) is 42.5 Å². The molecule has 36 heavy (non-hydrogen) atoms. The molecule has 188 valence electrons. The number of pyridine rings is 1. The minimum Gasteiger partial charge on any atom is -0.458 e. The zero-order chi connectivity index (χ0) is 26.3. The van der Waals surface area contributed by atoms with E-state index in [-0.39, 0.29) is 40.2 Å². The van der Waals surface area contributed by atoms with Gasteiger partial charge in [-0.3, -0.25) is 9.59 Å². The molecule has 0 saturated carbocycles. The van der Waals surface area contributed by atoms with Gasteiger partial charge in [0.25, 0.3) is 21.8 Å². The highest BCUT2D eigenvalue weighted by Gasteiger charge is 2.21. The van der Waals surface area contributed by atoms with Crippen LogP contribution < -0.4 is 10.0 Å². The molecule has 3 aromatic rings. The fourth-order valence-electron chi connectivity index (χ4n) is 3.04. The van der Waals surface area contributed by atoms with E-state index in [1.54, 1.807) is 26.0 Å². The maximum Gasteiger partial charge on any atom is 0.357 e. The molecule has 0 radical (unpaired) electrons. The Bertz CT molecular complexity index is 1360. The zero-order valence-electron chi connectivity index (χ0n) is 19.5. The van der Waals surface area contributed by atoms with Crippen LogP contribution in [0.3, 0.4) is 0 Å². The van der Waals surface area contributed by atoms with Crippen molar-refractivity contribution in [2.75, 3.05) is 6.54 Å². The summed E-state index contributed by atoms with van der Waals surface area (Å²) in [7, 11) is -4.31. The Labute approximate surface area is 207 Å². The largest absolute Gasteiger partial charge is 0.458 e. The molecular weight excluding hydrogens is 489 g/mol. The first-order chi connectivity index (χ1) is 17.0. The van der Waals surface area contributed by atoms with E-state index < -0.39 is 27.8 Å². The molecule has 0 atom stereocenters. The fraction of sp³-hybridized carbons (Fsp3) is 0.200. The lowest BCUT2D eigenvalue weighted by Gasteiger charge is -2.10. The lowest BCUT2D eigenvalue weighted by molar-refractivity contribution is 0.0370. The molecule has 9 nitrogen and oxygen atoms in total. The Morgan fingerprint density at radius 1 is 0.972 bits per heavy atom. The second-order valence-electron chi connectivity index (χ2n) is 7.98. The van der Waals surface area contributed by atoms with Crippen molar-refractivity contribution in [2.45, 2.75) is 31.3 Å². The number of ether oxygens (including phenoxy) is 1. The van der Waals surface area contributed by atoms with Crippen LogP contribution >= 0.6 is 0 Å². The average molecular weight is 514 g/mol. The van der Waals surface area contributed by atoms with Crippen molar-refractivity contribution in [3.8, 4) is 0 Å². The summed E-state index contributed by atoms with van der Waals surface area (Å²) in [5.74, 6) is -2.49. The maximum absolute atomic E-state index is 13.0. The summed E-state index contributed by atoms with van der Waals surface area (Å²) >= 11 is 0. The Balaban J connectivity index is 1.63. The zero-order valence-corrected chi connectivity index (χ0v) is 20.3. The standard InChI is InChI=1S/C25H24FN3O6S/c1-16(2)35-25(32)22-11-8-19(15-28-22)24(31)29-36(33,34)21-5-3-4-18(14-21)23(30)27-13-12-17-6-9-20(26)10-7-17/h3-11,14-16H,12-13H2,1-2H3,(H,27,30)(H,29,31). The van der Waals surface area contributed by atoms with Gasteiger partial charge in [-0.25, -0.2) is 27.3 Å². The summed E-state index contributed by atoms with van der Waals surface area (Å²) in [5, 5.41) is 2.67. The topological polar surface area (TPSA) is 132 Å². The molecular formula is C25H24FN3O6S. The average Bonchev–Trinajstić information content (AvgIpc) is 2.84. The monoisotopic (exact) mass is 513 g/mol. The maximum atomic E-state index is 13.0. The van der Waals surface area contributed by atoms with Crippen LogP contribution in [0, 0.1) is 5.82 Å². The SMILES string of the molecule is CC(C)OC(=O)c1ccc(C(=O)NS(=O)(=O)c2cccc(C(=O)NCCc3ccc(F)cc3)c2)cn1. The van der Waals surface area contributed by atoms with Crippen molar-refractivity contribution in [1.82, 2.24) is 15.0 Å². The van der Waals surface area contributed by atoms with E-state index in [0.29, 0.717) is 6.42 Å². The number of sulfonamides is 1. The smallest absolute Gasteiger partial charge is 0.357 e. The van der Waals surface area contributed by atoms with Crippen molar-refractivity contribution in [3.63, 3.8) is 0 Å². The number of benzene rings is 2. The van der Waals surface area contributed by atoms with E-state index in [4.69, 9.17) is 4.74 Å². The van der Waals surface area contributed by atoms with Gasteiger partial charge in [-0.1, -0.05) is 18.2 Å². The van der Waals surface area contributed by atoms with Gasteiger partial charge in [-0.15, -0.1) is 0 Å². The number of halogens is 1.